The lowest BCUT2D eigenvalue weighted by Gasteiger charge is -2.31. The molecule has 4 nitrogen and oxygen atoms in total. The van der Waals surface area contributed by atoms with E-state index in [1.807, 2.05) is 0 Å². The molecule has 0 aromatic carbocycles. The standard InChI is InChI=1S/C7H10F7O4P/c1-4(2)18-19(15,16)17-3-5(8,9)6(10,11)7(12,13)14/h4H,3H2,1-2H3,(H,15,16)/p-1. The monoisotopic (exact) mass is 321 g/mol. The zero-order valence-electron chi connectivity index (χ0n) is 9.51. The van der Waals surface area contributed by atoms with Gasteiger partial charge in [0.05, 0.1) is 6.10 Å². The van der Waals surface area contributed by atoms with E-state index >= 15 is 0 Å². The van der Waals surface area contributed by atoms with Crippen molar-refractivity contribution < 1.29 is 49.2 Å². The van der Waals surface area contributed by atoms with Crippen molar-refractivity contribution in [2.24, 2.45) is 0 Å². The van der Waals surface area contributed by atoms with Gasteiger partial charge in [0.15, 0.2) is 0 Å². The molecule has 0 rings (SSSR count). The Bertz CT molecular complexity index is 354. The Labute approximate surface area is 103 Å². The largest absolute Gasteiger partial charge is 0.756 e. The summed E-state index contributed by atoms with van der Waals surface area (Å²) in [6.07, 6.45) is -7.61. The number of phosphoric acid groups is 1. The van der Waals surface area contributed by atoms with Crippen molar-refractivity contribution in [3.63, 3.8) is 0 Å². The second-order valence-electron chi connectivity index (χ2n) is 3.65. The smallest absolute Gasteiger partial charge is 0.459 e. The first kappa shape index (κ1) is 18.6. The van der Waals surface area contributed by atoms with Crippen LogP contribution in [0.1, 0.15) is 13.8 Å². The Hall–Kier alpha value is -0.380. The number of rotatable bonds is 6. The van der Waals surface area contributed by atoms with E-state index in [9.17, 15) is 40.2 Å². The number of hydrogen-bond donors (Lipinski definition) is 0. The van der Waals surface area contributed by atoms with Gasteiger partial charge in [-0.3, -0.25) is 4.57 Å². The highest BCUT2D eigenvalue weighted by Crippen LogP contribution is 2.49. The van der Waals surface area contributed by atoms with Crippen LogP contribution >= 0.6 is 7.82 Å². The van der Waals surface area contributed by atoms with Gasteiger partial charge in [-0.15, -0.1) is 0 Å². The fourth-order valence-corrected chi connectivity index (χ4v) is 1.64. The van der Waals surface area contributed by atoms with Gasteiger partial charge in [0.1, 0.15) is 6.61 Å². The van der Waals surface area contributed by atoms with Gasteiger partial charge in [0.25, 0.3) is 7.82 Å². The molecule has 0 aliphatic heterocycles. The first-order valence-electron chi connectivity index (χ1n) is 4.59. The van der Waals surface area contributed by atoms with Crippen LogP contribution < -0.4 is 4.89 Å². The molecular formula is C7H9F7O4P-. The van der Waals surface area contributed by atoms with Crippen LogP contribution in [0.4, 0.5) is 30.7 Å². The highest BCUT2D eigenvalue weighted by molar-refractivity contribution is 7.45. The molecule has 0 heterocycles. The molecule has 0 amide bonds. The van der Waals surface area contributed by atoms with E-state index < -0.39 is 38.6 Å². The predicted octanol–water partition coefficient (Wildman–Crippen LogP) is 2.73. The van der Waals surface area contributed by atoms with Crippen molar-refractivity contribution in [1.29, 1.82) is 0 Å². The molecular weight excluding hydrogens is 312 g/mol. The van der Waals surface area contributed by atoms with Crippen molar-refractivity contribution in [3.8, 4) is 0 Å². The summed E-state index contributed by atoms with van der Waals surface area (Å²) < 4.78 is 103. The molecule has 0 radical (unpaired) electrons. The van der Waals surface area contributed by atoms with E-state index in [4.69, 9.17) is 0 Å². The second kappa shape index (κ2) is 5.55. The molecule has 1 atom stereocenters. The minimum Gasteiger partial charge on any atom is -0.756 e. The van der Waals surface area contributed by atoms with Gasteiger partial charge < -0.3 is 13.9 Å². The minimum absolute atomic E-state index is 1.06. The Morgan fingerprint density at radius 3 is 1.84 bits per heavy atom. The highest BCUT2D eigenvalue weighted by Gasteiger charge is 2.73. The van der Waals surface area contributed by atoms with E-state index in [1.165, 1.54) is 0 Å². The number of halogens is 7. The van der Waals surface area contributed by atoms with Crippen LogP contribution in [0.3, 0.4) is 0 Å². The van der Waals surface area contributed by atoms with E-state index in [0.717, 1.165) is 13.8 Å². The molecule has 0 bridgehead atoms. The van der Waals surface area contributed by atoms with Crippen LogP contribution in [0.5, 0.6) is 0 Å². The summed E-state index contributed by atoms with van der Waals surface area (Å²) in [5, 5.41) is 0. The molecule has 12 heteroatoms. The Morgan fingerprint density at radius 2 is 1.53 bits per heavy atom. The summed E-state index contributed by atoms with van der Waals surface area (Å²) in [4.78, 5) is 10.8. The third-order valence-corrected chi connectivity index (χ3v) is 2.68. The van der Waals surface area contributed by atoms with Crippen molar-refractivity contribution in [2.75, 3.05) is 6.61 Å². The predicted molar refractivity (Wildman–Crippen MR) is 45.7 cm³/mol. The van der Waals surface area contributed by atoms with Crippen LogP contribution in [0.2, 0.25) is 0 Å². The molecule has 0 aliphatic rings. The normalized spacial score (nSPS) is 17.6. The summed E-state index contributed by atoms with van der Waals surface area (Å²) in [6, 6.07) is 0. The summed E-state index contributed by atoms with van der Waals surface area (Å²) in [6.45, 7) is -0.389. The van der Waals surface area contributed by atoms with Crippen LogP contribution in [0.25, 0.3) is 0 Å². The van der Waals surface area contributed by atoms with Gasteiger partial charge in [-0.25, -0.2) is 0 Å². The van der Waals surface area contributed by atoms with E-state index in [-0.39, 0.29) is 0 Å². The fraction of sp³-hybridized carbons (Fsp3) is 1.00. The molecule has 0 aliphatic carbocycles. The van der Waals surface area contributed by atoms with Crippen LogP contribution in [-0.4, -0.2) is 30.7 Å². The quantitative estimate of drug-likeness (QED) is 0.557. The maximum absolute atomic E-state index is 12.7. The Morgan fingerprint density at radius 1 is 1.11 bits per heavy atom. The fourth-order valence-electron chi connectivity index (χ4n) is 0.747. The molecule has 0 N–H and O–H groups in total. The lowest BCUT2D eigenvalue weighted by molar-refractivity contribution is -0.360. The molecule has 1 unspecified atom stereocenters. The molecule has 0 spiro atoms. The minimum atomic E-state index is -6.55. The summed E-state index contributed by atoms with van der Waals surface area (Å²) >= 11 is 0. The molecule has 0 saturated heterocycles. The first-order chi connectivity index (χ1) is 8.12. The third kappa shape index (κ3) is 4.90. The van der Waals surface area contributed by atoms with E-state index in [2.05, 4.69) is 9.05 Å². The van der Waals surface area contributed by atoms with Gasteiger partial charge in [0.2, 0.25) is 0 Å². The highest BCUT2D eigenvalue weighted by atomic mass is 31.2. The number of alkyl halides is 7. The number of hydrogen-bond acceptors (Lipinski definition) is 4. The maximum atomic E-state index is 12.7. The number of phosphoric ester groups is 1. The summed E-state index contributed by atoms with van der Waals surface area (Å²) in [5.41, 5.74) is 0. The Kier molecular flexibility index (Phi) is 5.44. The summed E-state index contributed by atoms with van der Waals surface area (Å²) in [7, 11) is -5.40. The van der Waals surface area contributed by atoms with Gasteiger partial charge in [-0.1, -0.05) is 0 Å². The zero-order chi connectivity index (χ0) is 15.7. The molecule has 0 aromatic heterocycles. The van der Waals surface area contributed by atoms with Gasteiger partial charge in [0, 0.05) is 0 Å². The van der Waals surface area contributed by atoms with E-state index in [0.29, 0.717) is 0 Å². The van der Waals surface area contributed by atoms with Gasteiger partial charge in [-0.05, 0) is 13.8 Å². The second-order valence-corrected chi connectivity index (χ2v) is 5.01. The van der Waals surface area contributed by atoms with Crippen LogP contribution in [-0.2, 0) is 13.6 Å². The average molecular weight is 321 g/mol. The SMILES string of the molecule is CC(C)OP(=O)([O-])OCC(F)(F)C(F)(F)C(F)(F)F. The summed E-state index contributed by atoms with van der Waals surface area (Å²) in [5.74, 6) is -12.2. The maximum Gasteiger partial charge on any atom is 0.459 e. The van der Waals surface area contributed by atoms with Crippen LogP contribution in [0, 0.1) is 0 Å². The van der Waals surface area contributed by atoms with Crippen molar-refractivity contribution in [3.05, 3.63) is 0 Å². The molecule has 0 saturated carbocycles. The molecule has 0 aromatic rings. The lowest BCUT2D eigenvalue weighted by atomic mass is 10.2. The zero-order valence-corrected chi connectivity index (χ0v) is 10.4. The van der Waals surface area contributed by atoms with E-state index in [1.54, 1.807) is 0 Å². The molecule has 19 heavy (non-hydrogen) atoms. The Balaban J connectivity index is 4.85. The first-order valence-corrected chi connectivity index (χ1v) is 6.05. The lowest BCUT2D eigenvalue weighted by Crippen LogP contribution is -2.54. The van der Waals surface area contributed by atoms with Crippen molar-refractivity contribution in [1.82, 2.24) is 0 Å². The van der Waals surface area contributed by atoms with Crippen LogP contribution in [0.15, 0.2) is 0 Å². The third-order valence-electron chi connectivity index (χ3n) is 1.56. The topological polar surface area (TPSA) is 58.6 Å². The van der Waals surface area contributed by atoms with Crippen molar-refractivity contribution in [2.45, 2.75) is 38.0 Å². The van der Waals surface area contributed by atoms with Gasteiger partial charge >= 0.3 is 18.0 Å². The molecule has 116 valence electrons. The average Bonchev–Trinajstić information content (AvgIpc) is 2.11. The van der Waals surface area contributed by atoms with Crippen molar-refractivity contribution >= 4 is 7.82 Å². The molecule has 0 fully saturated rings. The van der Waals surface area contributed by atoms with Gasteiger partial charge in [-0.2, -0.15) is 30.7 Å².